The van der Waals surface area contributed by atoms with Crippen molar-refractivity contribution in [3.63, 3.8) is 0 Å². The lowest BCUT2D eigenvalue weighted by Gasteiger charge is -2.19. The van der Waals surface area contributed by atoms with Gasteiger partial charge in [0.2, 0.25) is 5.95 Å². The van der Waals surface area contributed by atoms with Crippen LogP contribution in [-0.2, 0) is 33.1 Å². The molecule has 3 aromatic heterocycles. The SMILES string of the molecule is Cn1cc2c3c(c(Cl)cc2n1)Nc1nc(=O)n(c(=O)n1Cc1cc(F)c(F)cc1F)Cc1ncnn1Cc1cccc(c1)C(=O)NCC3. The Labute approximate surface area is 273 Å². The van der Waals surface area contributed by atoms with E-state index in [-0.39, 0.29) is 60.0 Å². The molecule has 3 aromatic carbocycles. The first-order valence-corrected chi connectivity index (χ1v) is 14.9. The first kappa shape index (κ1) is 30.9. The Balaban J connectivity index is 1.45. The van der Waals surface area contributed by atoms with Crippen LogP contribution >= 0.6 is 11.6 Å². The van der Waals surface area contributed by atoms with Crippen molar-refractivity contribution in [2.24, 2.45) is 7.05 Å². The molecule has 2 N–H and O–H groups in total. The fraction of sp³-hybridized carbons (Fsp3) is 0.194. The van der Waals surface area contributed by atoms with Crippen LogP contribution in [0.5, 0.6) is 0 Å². The van der Waals surface area contributed by atoms with Gasteiger partial charge in [0.25, 0.3) is 5.91 Å². The first-order chi connectivity index (χ1) is 23.0. The fourth-order valence-electron chi connectivity index (χ4n) is 5.65. The summed E-state index contributed by atoms with van der Waals surface area (Å²) in [5, 5.41) is 15.3. The van der Waals surface area contributed by atoms with Crippen molar-refractivity contribution in [2.75, 3.05) is 11.9 Å². The van der Waals surface area contributed by atoms with E-state index in [9.17, 15) is 27.6 Å². The van der Waals surface area contributed by atoms with E-state index in [4.69, 9.17) is 11.6 Å². The van der Waals surface area contributed by atoms with Crippen LogP contribution in [0, 0.1) is 17.5 Å². The van der Waals surface area contributed by atoms with E-state index in [0.717, 1.165) is 9.13 Å². The molecule has 0 saturated heterocycles. The summed E-state index contributed by atoms with van der Waals surface area (Å²) in [6.07, 6.45) is 3.21. The van der Waals surface area contributed by atoms with Gasteiger partial charge >= 0.3 is 11.4 Å². The number of aryl methyl sites for hydroxylation is 1. The van der Waals surface area contributed by atoms with Crippen molar-refractivity contribution >= 4 is 40.0 Å². The maximum Gasteiger partial charge on any atom is 0.355 e. The molecule has 2 aliphatic heterocycles. The van der Waals surface area contributed by atoms with E-state index in [1.165, 1.54) is 11.0 Å². The first-order valence-electron chi connectivity index (χ1n) is 14.6. The van der Waals surface area contributed by atoms with Gasteiger partial charge in [-0.15, -0.1) is 0 Å². The van der Waals surface area contributed by atoms with Crippen molar-refractivity contribution < 1.29 is 18.0 Å². The molecule has 8 rings (SSSR count). The molecule has 0 radical (unpaired) electrons. The summed E-state index contributed by atoms with van der Waals surface area (Å²) < 4.78 is 47.7. The van der Waals surface area contributed by atoms with E-state index in [1.807, 2.05) is 0 Å². The highest BCUT2D eigenvalue weighted by Crippen LogP contribution is 2.35. The van der Waals surface area contributed by atoms with Crippen molar-refractivity contribution in [3.8, 4) is 0 Å². The highest BCUT2D eigenvalue weighted by Gasteiger charge is 2.22. The van der Waals surface area contributed by atoms with Crippen LogP contribution in [-0.4, -0.2) is 51.1 Å². The monoisotopic (exact) mass is 676 g/mol. The molecule has 0 aliphatic carbocycles. The molecular formula is C31H24ClF3N10O3. The van der Waals surface area contributed by atoms with Crippen molar-refractivity contribution in [1.82, 2.24) is 44.0 Å². The molecule has 0 saturated carbocycles. The number of anilines is 2. The molecule has 2 aliphatic rings. The zero-order chi connectivity index (χ0) is 33.7. The number of amides is 1. The fourth-order valence-corrected chi connectivity index (χ4v) is 5.92. The van der Waals surface area contributed by atoms with Crippen LogP contribution in [0.1, 0.15) is 32.9 Å². The van der Waals surface area contributed by atoms with Gasteiger partial charge in [-0.05, 0) is 41.8 Å². The summed E-state index contributed by atoms with van der Waals surface area (Å²) in [5.74, 6) is -4.32. The molecule has 17 heteroatoms. The van der Waals surface area contributed by atoms with E-state index >= 15 is 0 Å². The van der Waals surface area contributed by atoms with Gasteiger partial charge in [0.05, 0.1) is 35.9 Å². The van der Waals surface area contributed by atoms with Crippen LogP contribution in [0.2, 0.25) is 5.02 Å². The Hall–Kier alpha value is -5.77. The van der Waals surface area contributed by atoms with Crippen LogP contribution in [0.3, 0.4) is 0 Å². The second-order valence-electron chi connectivity index (χ2n) is 11.1. The van der Waals surface area contributed by atoms with Gasteiger partial charge in [0, 0.05) is 42.4 Å². The van der Waals surface area contributed by atoms with Crippen molar-refractivity contribution in [3.05, 3.63) is 127 Å². The van der Waals surface area contributed by atoms with Gasteiger partial charge in [-0.1, -0.05) is 23.7 Å². The average molecular weight is 677 g/mol. The molecule has 0 fully saturated rings. The lowest BCUT2D eigenvalue weighted by atomic mass is 10.0. The van der Waals surface area contributed by atoms with Gasteiger partial charge < -0.3 is 10.6 Å². The number of fused-ring (bicyclic) bond motifs is 6. The number of halogens is 4. The van der Waals surface area contributed by atoms with Crippen LogP contribution in [0.4, 0.5) is 24.8 Å². The molecule has 6 aromatic rings. The third kappa shape index (κ3) is 5.70. The summed E-state index contributed by atoms with van der Waals surface area (Å²) in [5.41, 5.74) is 0.137. The Kier molecular flexibility index (Phi) is 7.79. The molecule has 0 atom stereocenters. The number of nitrogens with one attached hydrogen (secondary N) is 2. The quantitative estimate of drug-likeness (QED) is 0.266. The summed E-state index contributed by atoms with van der Waals surface area (Å²) >= 11 is 6.74. The molecule has 5 heterocycles. The standard InChI is InChI=1S/C31H24ClF3N10O3/c1-42-13-20-19-5-6-36-28(46)17-4-2-3-16(7-17)11-45-26(37-15-38-45)14-44-30(47)40-29(39-27(19)21(32)9-25(20)41-42)43(31(44)48)12-18-8-23(34)24(35)10-22(18)33/h2-4,7-10,13,15H,5-6,11-12,14H2,1H3,(H,36,46)(H,39,40,47). The van der Waals surface area contributed by atoms with Crippen LogP contribution < -0.4 is 22.0 Å². The summed E-state index contributed by atoms with van der Waals surface area (Å²) in [6.45, 7) is -0.733. The minimum absolute atomic E-state index is 0.140. The van der Waals surface area contributed by atoms with E-state index in [2.05, 4.69) is 30.8 Å². The largest absolute Gasteiger partial charge is 0.355 e. The number of rotatable bonds is 2. The summed E-state index contributed by atoms with van der Waals surface area (Å²) in [4.78, 5) is 49.1. The number of hydrogen-bond acceptors (Lipinski definition) is 8. The maximum absolute atomic E-state index is 14.9. The Morgan fingerprint density at radius 3 is 2.65 bits per heavy atom. The van der Waals surface area contributed by atoms with E-state index < -0.39 is 35.4 Å². The van der Waals surface area contributed by atoms with Crippen molar-refractivity contribution in [2.45, 2.75) is 26.1 Å². The van der Waals surface area contributed by atoms with Gasteiger partial charge in [-0.3, -0.25) is 14.0 Å². The third-order valence-corrected chi connectivity index (χ3v) is 8.27. The second kappa shape index (κ2) is 12.1. The normalized spacial score (nSPS) is 13.4. The summed E-state index contributed by atoms with van der Waals surface area (Å²) in [6, 6.07) is 9.45. The third-order valence-electron chi connectivity index (χ3n) is 7.97. The topological polar surface area (TPSA) is 147 Å². The minimum Gasteiger partial charge on any atom is -0.352 e. The average Bonchev–Trinajstić information content (AvgIpc) is 3.65. The smallest absolute Gasteiger partial charge is 0.352 e. The maximum atomic E-state index is 14.9. The highest BCUT2D eigenvalue weighted by atomic mass is 35.5. The lowest BCUT2D eigenvalue weighted by molar-refractivity contribution is 0.0954. The predicted molar refractivity (Wildman–Crippen MR) is 168 cm³/mol. The van der Waals surface area contributed by atoms with Gasteiger partial charge in [-0.2, -0.15) is 15.2 Å². The molecule has 0 spiro atoms. The van der Waals surface area contributed by atoms with E-state index in [0.29, 0.717) is 39.7 Å². The second-order valence-corrected chi connectivity index (χ2v) is 11.6. The number of hydrogen-bond donors (Lipinski definition) is 2. The molecule has 13 nitrogen and oxygen atoms in total. The van der Waals surface area contributed by atoms with Crippen molar-refractivity contribution in [1.29, 1.82) is 0 Å². The molecule has 1 amide bonds. The summed E-state index contributed by atoms with van der Waals surface area (Å²) in [7, 11) is 1.72. The number of benzene rings is 3. The van der Waals surface area contributed by atoms with Gasteiger partial charge in [0.1, 0.15) is 18.0 Å². The van der Waals surface area contributed by atoms with Crippen LogP contribution in [0.25, 0.3) is 10.9 Å². The molecule has 48 heavy (non-hydrogen) atoms. The lowest BCUT2D eigenvalue weighted by Crippen LogP contribution is -2.43. The number of carbonyl (C=O) groups excluding carboxylic acids is 1. The number of aromatic nitrogens is 8. The van der Waals surface area contributed by atoms with Gasteiger partial charge in [0.15, 0.2) is 11.6 Å². The molecule has 4 bridgehead atoms. The highest BCUT2D eigenvalue weighted by molar-refractivity contribution is 6.34. The minimum atomic E-state index is -1.41. The molecular weight excluding hydrogens is 653 g/mol. The van der Waals surface area contributed by atoms with E-state index in [1.54, 1.807) is 48.3 Å². The predicted octanol–water partition coefficient (Wildman–Crippen LogP) is 3.13. The van der Waals surface area contributed by atoms with Gasteiger partial charge in [-0.25, -0.2) is 37.0 Å². The Morgan fingerprint density at radius 2 is 1.81 bits per heavy atom. The number of nitrogens with zero attached hydrogens (tertiary/aromatic N) is 8. The zero-order valence-corrected chi connectivity index (χ0v) is 25.8. The Morgan fingerprint density at radius 1 is 1.00 bits per heavy atom. The Bertz CT molecular complexity index is 2380. The molecule has 0 unspecified atom stereocenters. The zero-order valence-electron chi connectivity index (χ0n) is 25.0. The van der Waals surface area contributed by atoms with Crippen LogP contribution in [0.15, 0.2) is 64.6 Å². The number of carbonyl (C=O) groups is 1. The molecule has 244 valence electrons.